The van der Waals surface area contributed by atoms with Crippen LogP contribution in [0.4, 0.5) is 10.5 Å². The fraction of sp³-hybridized carbons (Fsp3) is 0.292. The van der Waals surface area contributed by atoms with Gasteiger partial charge in [-0.3, -0.25) is 4.79 Å². The molecule has 0 fully saturated rings. The summed E-state index contributed by atoms with van der Waals surface area (Å²) in [6, 6.07) is 16.3. The van der Waals surface area contributed by atoms with Crippen molar-refractivity contribution in [2.75, 3.05) is 19.5 Å². The van der Waals surface area contributed by atoms with Crippen LogP contribution in [0.1, 0.15) is 36.8 Å². The number of anilines is 1. The van der Waals surface area contributed by atoms with E-state index in [1.165, 1.54) is 4.90 Å². The minimum atomic E-state index is -0.559. The minimum absolute atomic E-state index is 0.289. The Labute approximate surface area is 187 Å². The molecule has 0 spiro atoms. The summed E-state index contributed by atoms with van der Waals surface area (Å²) in [6.45, 7) is 5.82. The van der Waals surface area contributed by atoms with Gasteiger partial charge in [0.1, 0.15) is 11.4 Å². The first-order chi connectivity index (χ1) is 15.1. The standard InChI is InChI=1S/C24H28N4O4/c1-24(2,3)32-23(30)27(4)16-17-7-6-8-18(15-17)25-22(29)21-13-14-28(26-21)19-9-11-20(31-5)12-10-19/h6-15H,16H2,1-5H3,(H,25,29). The van der Waals surface area contributed by atoms with Crippen molar-refractivity contribution in [1.82, 2.24) is 14.7 Å². The Balaban J connectivity index is 1.64. The first-order valence-corrected chi connectivity index (χ1v) is 10.2. The molecule has 1 heterocycles. The summed E-state index contributed by atoms with van der Waals surface area (Å²) < 4.78 is 12.2. The van der Waals surface area contributed by atoms with Crippen LogP contribution in [0, 0.1) is 0 Å². The van der Waals surface area contributed by atoms with Gasteiger partial charge in [-0.15, -0.1) is 0 Å². The number of benzene rings is 2. The molecule has 0 aliphatic heterocycles. The average Bonchev–Trinajstić information content (AvgIpc) is 3.23. The topological polar surface area (TPSA) is 85.7 Å². The number of hydrogen-bond acceptors (Lipinski definition) is 5. The molecule has 0 radical (unpaired) electrons. The Morgan fingerprint density at radius 1 is 1.09 bits per heavy atom. The van der Waals surface area contributed by atoms with Crippen LogP contribution >= 0.6 is 0 Å². The highest BCUT2D eigenvalue weighted by Crippen LogP contribution is 2.17. The summed E-state index contributed by atoms with van der Waals surface area (Å²) in [5, 5.41) is 7.21. The lowest BCUT2D eigenvalue weighted by Crippen LogP contribution is -2.33. The van der Waals surface area contributed by atoms with Gasteiger partial charge in [0.25, 0.3) is 5.91 Å². The predicted octanol–water partition coefficient (Wildman–Crippen LogP) is 4.50. The molecule has 0 saturated heterocycles. The summed E-state index contributed by atoms with van der Waals surface area (Å²) in [5.74, 6) is 0.422. The van der Waals surface area contributed by atoms with Gasteiger partial charge in [-0.2, -0.15) is 5.10 Å². The van der Waals surface area contributed by atoms with Crippen molar-refractivity contribution < 1.29 is 19.1 Å². The van der Waals surface area contributed by atoms with Gasteiger partial charge in [-0.05, 0) is 68.8 Å². The molecule has 0 atom stereocenters. The van der Waals surface area contributed by atoms with Crippen LogP contribution in [0.15, 0.2) is 60.8 Å². The number of aromatic nitrogens is 2. The number of carbonyl (C=O) groups is 2. The summed E-state index contributed by atoms with van der Waals surface area (Å²) in [5.41, 5.74) is 2.02. The van der Waals surface area contributed by atoms with Crippen LogP contribution in [0.5, 0.6) is 5.75 Å². The Morgan fingerprint density at radius 2 is 1.81 bits per heavy atom. The number of hydrogen-bond donors (Lipinski definition) is 1. The third-order valence-corrected chi connectivity index (χ3v) is 4.47. The predicted molar refractivity (Wildman–Crippen MR) is 122 cm³/mol. The molecule has 0 aliphatic rings. The van der Waals surface area contributed by atoms with E-state index in [1.807, 2.05) is 63.2 Å². The molecule has 1 N–H and O–H groups in total. The molecule has 0 saturated carbocycles. The van der Waals surface area contributed by atoms with Gasteiger partial charge in [0, 0.05) is 25.5 Å². The van der Waals surface area contributed by atoms with Crippen LogP contribution in [-0.2, 0) is 11.3 Å². The van der Waals surface area contributed by atoms with Gasteiger partial charge in [0.2, 0.25) is 0 Å². The molecule has 0 aliphatic carbocycles. The Morgan fingerprint density at radius 3 is 2.47 bits per heavy atom. The third-order valence-electron chi connectivity index (χ3n) is 4.47. The van der Waals surface area contributed by atoms with E-state index in [9.17, 15) is 9.59 Å². The van der Waals surface area contributed by atoms with Crippen molar-refractivity contribution in [3.63, 3.8) is 0 Å². The zero-order valence-corrected chi connectivity index (χ0v) is 19.0. The van der Waals surface area contributed by atoms with Crippen molar-refractivity contribution in [3.05, 3.63) is 72.1 Å². The quantitative estimate of drug-likeness (QED) is 0.615. The first-order valence-electron chi connectivity index (χ1n) is 10.2. The summed E-state index contributed by atoms with van der Waals surface area (Å²) in [7, 11) is 3.28. The van der Waals surface area contributed by atoms with E-state index >= 15 is 0 Å². The molecular formula is C24H28N4O4. The molecule has 8 heteroatoms. The Kier molecular flexibility index (Phi) is 6.82. The van der Waals surface area contributed by atoms with E-state index in [2.05, 4.69) is 10.4 Å². The number of methoxy groups -OCH3 is 1. The zero-order chi connectivity index (χ0) is 23.3. The van der Waals surface area contributed by atoms with Gasteiger partial charge in [-0.1, -0.05) is 12.1 Å². The fourth-order valence-electron chi connectivity index (χ4n) is 2.94. The number of amides is 2. The normalized spacial score (nSPS) is 11.0. The van der Waals surface area contributed by atoms with E-state index in [4.69, 9.17) is 9.47 Å². The smallest absolute Gasteiger partial charge is 0.410 e. The van der Waals surface area contributed by atoms with Crippen LogP contribution in [0.2, 0.25) is 0 Å². The van der Waals surface area contributed by atoms with Crippen LogP contribution < -0.4 is 10.1 Å². The molecule has 3 aromatic rings. The second-order valence-electron chi connectivity index (χ2n) is 8.33. The first kappa shape index (κ1) is 22.9. The van der Waals surface area contributed by atoms with Gasteiger partial charge in [0.05, 0.1) is 12.8 Å². The largest absolute Gasteiger partial charge is 0.497 e. The Hall–Kier alpha value is -3.81. The van der Waals surface area contributed by atoms with Crippen molar-refractivity contribution in [3.8, 4) is 11.4 Å². The summed E-state index contributed by atoms with van der Waals surface area (Å²) >= 11 is 0. The highest BCUT2D eigenvalue weighted by Gasteiger charge is 2.20. The number of ether oxygens (including phenoxy) is 2. The molecule has 1 aromatic heterocycles. The third kappa shape index (κ3) is 6.10. The molecule has 3 rings (SSSR count). The minimum Gasteiger partial charge on any atom is -0.497 e. The number of carbonyl (C=O) groups excluding carboxylic acids is 2. The summed E-state index contributed by atoms with van der Waals surface area (Å²) in [6.07, 6.45) is 1.32. The molecule has 168 valence electrons. The van der Waals surface area contributed by atoms with Crippen LogP contribution in [0.3, 0.4) is 0 Å². The number of nitrogens with zero attached hydrogens (tertiary/aromatic N) is 3. The molecule has 0 bridgehead atoms. The van der Waals surface area contributed by atoms with E-state index < -0.39 is 11.7 Å². The second kappa shape index (κ2) is 9.55. The molecule has 32 heavy (non-hydrogen) atoms. The SMILES string of the molecule is COc1ccc(-n2ccc(C(=O)Nc3cccc(CN(C)C(=O)OC(C)(C)C)c3)n2)cc1. The van der Waals surface area contributed by atoms with Gasteiger partial charge in [0.15, 0.2) is 5.69 Å². The van der Waals surface area contributed by atoms with Gasteiger partial charge >= 0.3 is 6.09 Å². The summed E-state index contributed by atoms with van der Waals surface area (Å²) in [4.78, 5) is 26.3. The Bertz CT molecular complexity index is 1080. The van der Waals surface area contributed by atoms with Crippen LogP contribution in [0.25, 0.3) is 5.69 Å². The van der Waals surface area contributed by atoms with Crippen molar-refractivity contribution in [1.29, 1.82) is 0 Å². The van der Waals surface area contributed by atoms with Crippen LogP contribution in [-0.4, -0.2) is 46.4 Å². The van der Waals surface area contributed by atoms with Gasteiger partial charge < -0.3 is 19.7 Å². The maximum absolute atomic E-state index is 12.7. The highest BCUT2D eigenvalue weighted by molar-refractivity contribution is 6.02. The zero-order valence-electron chi connectivity index (χ0n) is 19.0. The number of nitrogens with one attached hydrogen (secondary N) is 1. The lowest BCUT2D eigenvalue weighted by molar-refractivity contribution is 0.0285. The van der Waals surface area contributed by atoms with E-state index in [0.717, 1.165) is 17.0 Å². The van der Waals surface area contributed by atoms with Crippen molar-refractivity contribution in [2.45, 2.75) is 32.9 Å². The lowest BCUT2D eigenvalue weighted by atomic mass is 10.2. The molecule has 0 unspecified atom stereocenters. The second-order valence-corrected chi connectivity index (χ2v) is 8.33. The highest BCUT2D eigenvalue weighted by atomic mass is 16.6. The number of rotatable bonds is 6. The fourth-order valence-corrected chi connectivity index (χ4v) is 2.94. The maximum atomic E-state index is 12.7. The lowest BCUT2D eigenvalue weighted by Gasteiger charge is -2.24. The van der Waals surface area contributed by atoms with Crippen molar-refractivity contribution in [2.24, 2.45) is 0 Å². The maximum Gasteiger partial charge on any atom is 0.410 e. The van der Waals surface area contributed by atoms with Crippen molar-refractivity contribution >= 4 is 17.7 Å². The van der Waals surface area contributed by atoms with E-state index in [1.54, 1.807) is 37.2 Å². The molecule has 2 amide bonds. The van der Waals surface area contributed by atoms with E-state index in [-0.39, 0.29) is 11.6 Å². The molecule has 8 nitrogen and oxygen atoms in total. The van der Waals surface area contributed by atoms with Gasteiger partial charge in [-0.25, -0.2) is 9.48 Å². The molecule has 2 aromatic carbocycles. The average molecular weight is 437 g/mol. The monoisotopic (exact) mass is 436 g/mol. The van der Waals surface area contributed by atoms with E-state index in [0.29, 0.717) is 12.2 Å². The molecular weight excluding hydrogens is 408 g/mol.